The first-order valence-corrected chi connectivity index (χ1v) is 7.91. The fourth-order valence-corrected chi connectivity index (χ4v) is 2.09. The third-order valence-electron chi connectivity index (χ3n) is 3.44. The monoisotopic (exact) mass is 343 g/mol. The zero-order valence-corrected chi connectivity index (χ0v) is 14.0. The van der Waals surface area contributed by atoms with Crippen molar-refractivity contribution >= 4 is 11.9 Å². The molecule has 0 saturated carbocycles. The Morgan fingerprint density at radius 2 is 1.80 bits per heavy atom. The minimum Gasteiger partial charge on any atom is -0.482 e. The van der Waals surface area contributed by atoms with Crippen molar-refractivity contribution in [2.24, 2.45) is 0 Å². The number of hydrogen-bond acceptors (Lipinski definition) is 4. The number of nitrogens with one attached hydrogen (secondary N) is 1. The predicted octanol–water partition coefficient (Wildman–Crippen LogP) is 2.37. The molecular weight excluding hydrogens is 322 g/mol. The van der Waals surface area contributed by atoms with E-state index in [9.17, 15) is 9.59 Å². The third kappa shape index (κ3) is 6.64. The summed E-state index contributed by atoms with van der Waals surface area (Å²) in [5.41, 5.74) is 1.82. The smallest absolute Gasteiger partial charge is 0.341 e. The number of aliphatic carboxylic acids is 1. The maximum atomic E-state index is 12.1. The van der Waals surface area contributed by atoms with Gasteiger partial charge >= 0.3 is 5.97 Å². The minimum atomic E-state index is -1.04. The highest BCUT2D eigenvalue weighted by Gasteiger charge is 2.13. The highest BCUT2D eigenvalue weighted by atomic mass is 16.5. The first-order valence-electron chi connectivity index (χ1n) is 7.91. The molecule has 2 aromatic carbocycles. The fourth-order valence-electron chi connectivity index (χ4n) is 2.09. The van der Waals surface area contributed by atoms with Crippen LogP contribution in [0.3, 0.4) is 0 Å². The molecule has 0 aliphatic rings. The Hall–Kier alpha value is -2.86. The molecule has 0 aromatic heterocycles. The van der Waals surface area contributed by atoms with Crippen LogP contribution in [0.2, 0.25) is 0 Å². The van der Waals surface area contributed by atoms with E-state index in [0.717, 1.165) is 11.1 Å². The van der Waals surface area contributed by atoms with Crippen LogP contribution in [-0.2, 0) is 27.5 Å². The van der Waals surface area contributed by atoms with E-state index in [1.54, 1.807) is 25.1 Å². The molecule has 6 heteroatoms. The topological polar surface area (TPSA) is 84.9 Å². The second-order valence-electron chi connectivity index (χ2n) is 5.49. The number of ether oxygens (including phenoxy) is 2. The standard InChI is InChI=1S/C19H21NO5/c1-14(24-12-15-6-3-2-4-7-15)19(23)20-11-16-8-5-9-17(10-16)25-13-18(21)22/h2-10,14H,11-13H2,1H3,(H,20,23)(H,21,22). The van der Waals surface area contributed by atoms with Gasteiger partial charge in [0, 0.05) is 6.54 Å². The van der Waals surface area contributed by atoms with Crippen LogP contribution in [0.4, 0.5) is 0 Å². The fraction of sp³-hybridized carbons (Fsp3) is 0.263. The quantitative estimate of drug-likeness (QED) is 0.730. The number of hydrogen-bond donors (Lipinski definition) is 2. The molecule has 2 N–H and O–H groups in total. The lowest BCUT2D eigenvalue weighted by atomic mass is 10.2. The molecule has 25 heavy (non-hydrogen) atoms. The number of amides is 1. The van der Waals surface area contributed by atoms with E-state index in [0.29, 0.717) is 18.9 Å². The van der Waals surface area contributed by atoms with Crippen molar-refractivity contribution < 1.29 is 24.2 Å². The van der Waals surface area contributed by atoms with Crippen LogP contribution in [0.15, 0.2) is 54.6 Å². The number of carbonyl (C=O) groups is 2. The van der Waals surface area contributed by atoms with Crippen molar-refractivity contribution in [1.29, 1.82) is 0 Å². The number of carboxylic acid groups (broad SMARTS) is 1. The summed E-state index contributed by atoms with van der Waals surface area (Å²) >= 11 is 0. The van der Waals surface area contributed by atoms with Gasteiger partial charge in [-0.3, -0.25) is 4.79 Å². The maximum absolute atomic E-state index is 12.1. The third-order valence-corrected chi connectivity index (χ3v) is 3.44. The average Bonchev–Trinajstić information content (AvgIpc) is 2.63. The van der Waals surface area contributed by atoms with E-state index in [4.69, 9.17) is 14.6 Å². The Morgan fingerprint density at radius 1 is 1.08 bits per heavy atom. The molecular formula is C19H21NO5. The Morgan fingerprint density at radius 3 is 2.52 bits per heavy atom. The van der Waals surface area contributed by atoms with Gasteiger partial charge in [-0.15, -0.1) is 0 Å². The van der Waals surface area contributed by atoms with Crippen LogP contribution < -0.4 is 10.1 Å². The SMILES string of the molecule is CC(OCc1ccccc1)C(=O)NCc1cccc(OCC(=O)O)c1. The molecule has 0 aliphatic carbocycles. The summed E-state index contributed by atoms with van der Waals surface area (Å²) in [6, 6.07) is 16.6. The molecule has 0 saturated heterocycles. The largest absolute Gasteiger partial charge is 0.482 e. The molecule has 2 rings (SSSR count). The Balaban J connectivity index is 1.78. The number of carbonyl (C=O) groups excluding carboxylic acids is 1. The highest BCUT2D eigenvalue weighted by molar-refractivity contribution is 5.80. The summed E-state index contributed by atoms with van der Waals surface area (Å²) < 4.78 is 10.7. The molecule has 0 bridgehead atoms. The van der Waals surface area contributed by atoms with Crippen LogP contribution in [0.5, 0.6) is 5.75 Å². The molecule has 1 unspecified atom stereocenters. The molecule has 0 fully saturated rings. The Labute approximate surface area is 146 Å². The van der Waals surface area contributed by atoms with Gasteiger partial charge in [-0.25, -0.2) is 4.79 Å². The maximum Gasteiger partial charge on any atom is 0.341 e. The lowest BCUT2D eigenvalue weighted by Gasteiger charge is -2.14. The van der Waals surface area contributed by atoms with Gasteiger partial charge in [-0.05, 0) is 30.2 Å². The lowest BCUT2D eigenvalue weighted by Crippen LogP contribution is -2.34. The Kier molecular flexibility index (Phi) is 6.98. The first kappa shape index (κ1) is 18.5. The highest BCUT2D eigenvalue weighted by Crippen LogP contribution is 2.13. The van der Waals surface area contributed by atoms with Crippen molar-refractivity contribution in [2.45, 2.75) is 26.2 Å². The molecule has 0 spiro atoms. The van der Waals surface area contributed by atoms with Crippen molar-refractivity contribution in [2.75, 3.05) is 6.61 Å². The van der Waals surface area contributed by atoms with Gasteiger partial charge in [0.05, 0.1) is 6.61 Å². The summed E-state index contributed by atoms with van der Waals surface area (Å²) in [4.78, 5) is 22.6. The second kappa shape index (κ2) is 9.44. The van der Waals surface area contributed by atoms with Crippen LogP contribution in [0.25, 0.3) is 0 Å². The molecule has 1 amide bonds. The summed E-state index contributed by atoms with van der Waals surface area (Å²) in [7, 11) is 0. The van der Waals surface area contributed by atoms with Crippen LogP contribution in [0, 0.1) is 0 Å². The predicted molar refractivity (Wildman–Crippen MR) is 92.1 cm³/mol. The van der Waals surface area contributed by atoms with Gasteiger partial charge in [-0.2, -0.15) is 0 Å². The zero-order valence-electron chi connectivity index (χ0n) is 14.0. The van der Waals surface area contributed by atoms with Gasteiger partial charge in [0.15, 0.2) is 6.61 Å². The van der Waals surface area contributed by atoms with E-state index in [1.165, 1.54) is 0 Å². The second-order valence-corrected chi connectivity index (χ2v) is 5.49. The molecule has 1 atom stereocenters. The van der Waals surface area contributed by atoms with E-state index in [2.05, 4.69) is 5.32 Å². The van der Waals surface area contributed by atoms with E-state index >= 15 is 0 Å². The normalized spacial score (nSPS) is 11.6. The summed E-state index contributed by atoms with van der Waals surface area (Å²) in [6.07, 6.45) is -0.577. The van der Waals surface area contributed by atoms with Gasteiger partial charge in [0.1, 0.15) is 11.9 Å². The lowest BCUT2D eigenvalue weighted by molar-refractivity contribution is -0.139. The van der Waals surface area contributed by atoms with Crippen LogP contribution >= 0.6 is 0 Å². The Bertz CT molecular complexity index is 702. The minimum absolute atomic E-state index is 0.215. The average molecular weight is 343 g/mol. The van der Waals surface area contributed by atoms with Gasteiger partial charge < -0.3 is 19.9 Å². The number of carboxylic acids is 1. The molecule has 2 aromatic rings. The molecule has 6 nitrogen and oxygen atoms in total. The van der Waals surface area contributed by atoms with Crippen molar-refractivity contribution in [3.05, 3.63) is 65.7 Å². The molecule has 0 heterocycles. The van der Waals surface area contributed by atoms with Gasteiger partial charge in [0.2, 0.25) is 5.91 Å². The molecule has 0 aliphatic heterocycles. The molecule has 132 valence electrons. The van der Waals surface area contributed by atoms with Crippen molar-refractivity contribution in [3.8, 4) is 5.75 Å². The summed E-state index contributed by atoms with van der Waals surface area (Å²) in [5, 5.41) is 11.4. The van der Waals surface area contributed by atoms with Gasteiger partial charge in [-0.1, -0.05) is 42.5 Å². The van der Waals surface area contributed by atoms with E-state index < -0.39 is 18.7 Å². The zero-order chi connectivity index (χ0) is 18.1. The summed E-state index contributed by atoms with van der Waals surface area (Å²) in [5.74, 6) is -0.807. The first-order chi connectivity index (χ1) is 12.0. The van der Waals surface area contributed by atoms with Crippen molar-refractivity contribution in [3.63, 3.8) is 0 Å². The number of rotatable bonds is 9. The van der Waals surface area contributed by atoms with Gasteiger partial charge in [0.25, 0.3) is 0 Å². The molecule has 0 radical (unpaired) electrons. The number of benzene rings is 2. The summed E-state index contributed by atoms with van der Waals surface area (Å²) in [6.45, 7) is 1.97. The van der Waals surface area contributed by atoms with Crippen LogP contribution in [0.1, 0.15) is 18.1 Å². The van der Waals surface area contributed by atoms with Crippen molar-refractivity contribution in [1.82, 2.24) is 5.32 Å². The van der Waals surface area contributed by atoms with E-state index in [-0.39, 0.29) is 5.91 Å². The van der Waals surface area contributed by atoms with E-state index in [1.807, 2.05) is 36.4 Å². The van der Waals surface area contributed by atoms with Crippen LogP contribution in [-0.4, -0.2) is 29.7 Å².